The molecule has 0 saturated heterocycles. The summed E-state index contributed by atoms with van der Waals surface area (Å²) in [6.07, 6.45) is 3.62. The second-order valence-electron chi connectivity index (χ2n) is 5.12. The van der Waals surface area contributed by atoms with E-state index in [9.17, 15) is 9.90 Å². The Hall–Kier alpha value is -1.51. The molecule has 0 aromatic heterocycles. The van der Waals surface area contributed by atoms with Crippen molar-refractivity contribution in [2.45, 2.75) is 31.7 Å². The van der Waals surface area contributed by atoms with Crippen LogP contribution in [0.4, 0.5) is 4.79 Å². The molecule has 3 rings (SSSR count). The molecule has 1 N–H and O–H groups in total. The zero-order chi connectivity index (χ0) is 11.8. The highest BCUT2D eigenvalue weighted by atomic mass is 16.4. The molecule has 1 saturated carbocycles. The minimum atomic E-state index is -0.773. The summed E-state index contributed by atoms with van der Waals surface area (Å²) in [5.41, 5.74) is 2.56. The van der Waals surface area contributed by atoms with Crippen LogP contribution in [0.2, 0.25) is 0 Å². The minimum absolute atomic E-state index is 0.0879. The van der Waals surface area contributed by atoms with E-state index in [1.54, 1.807) is 4.90 Å². The van der Waals surface area contributed by atoms with Crippen LogP contribution in [0.3, 0.4) is 0 Å². The van der Waals surface area contributed by atoms with E-state index in [1.165, 1.54) is 24.0 Å². The quantitative estimate of drug-likeness (QED) is 0.849. The van der Waals surface area contributed by atoms with Crippen LogP contribution in [0.1, 0.15) is 36.4 Å². The van der Waals surface area contributed by atoms with Crippen LogP contribution in [0.25, 0.3) is 0 Å². The van der Waals surface area contributed by atoms with Crippen LogP contribution >= 0.6 is 0 Å². The van der Waals surface area contributed by atoms with Crippen LogP contribution in [0.15, 0.2) is 24.3 Å². The van der Waals surface area contributed by atoms with Gasteiger partial charge in [0.1, 0.15) is 0 Å². The predicted molar refractivity (Wildman–Crippen MR) is 65.0 cm³/mol. The normalized spacial score (nSPS) is 23.3. The molecule has 90 valence electrons. The summed E-state index contributed by atoms with van der Waals surface area (Å²) in [5.74, 6) is 0.744. The van der Waals surface area contributed by atoms with Gasteiger partial charge in [-0.25, -0.2) is 4.79 Å². The van der Waals surface area contributed by atoms with Crippen LogP contribution in [0.5, 0.6) is 0 Å². The number of carboxylic acid groups (broad SMARTS) is 1. The fourth-order valence-corrected chi connectivity index (χ4v) is 2.80. The van der Waals surface area contributed by atoms with Crippen LogP contribution in [-0.2, 0) is 6.42 Å². The second kappa shape index (κ2) is 4.06. The van der Waals surface area contributed by atoms with Gasteiger partial charge in [0, 0.05) is 6.54 Å². The van der Waals surface area contributed by atoms with Gasteiger partial charge in [-0.3, -0.25) is 0 Å². The van der Waals surface area contributed by atoms with Gasteiger partial charge in [-0.1, -0.05) is 37.1 Å². The van der Waals surface area contributed by atoms with E-state index in [0.29, 0.717) is 6.54 Å². The fraction of sp³-hybridized carbons (Fsp3) is 0.500. The third-order valence-corrected chi connectivity index (χ3v) is 3.91. The van der Waals surface area contributed by atoms with Crippen LogP contribution in [0, 0.1) is 5.92 Å². The first kappa shape index (κ1) is 10.6. The van der Waals surface area contributed by atoms with Gasteiger partial charge in [0.2, 0.25) is 0 Å². The lowest BCUT2D eigenvalue weighted by Gasteiger charge is -2.35. The summed E-state index contributed by atoms with van der Waals surface area (Å²) in [6.45, 7) is 0.643. The zero-order valence-corrected chi connectivity index (χ0v) is 9.80. The molecule has 3 nitrogen and oxygen atoms in total. The lowest BCUT2D eigenvalue weighted by atomic mass is 9.90. The van der Waals surface area contributed by atoms with Crippen molar-refractivity contribution < 1.29 is 9.90 Å². The molecular weight excluding hydrogens is 214 g/mol. The van der Waals surface area contributed by atoms with Gasteiger partial charge in [-0.15, -0.1) is 0 Å². The number of benzene rings is 1. The average molecular weight is 231 g/mol. The maximum atomic E-state index is 11.3. The maximum absolute atomic E-state index is 11.3. The number of nitrogens with zero attached hydrogens (tertiary/aromatic N) is 1. The van der Waals surface area contributed by atoms with Crippen LogP contribution in [-0.4, -0.2) is 22.6 Å². The fourth-order valence-electron chi connectivity index (χ4n) is 2.80. The number of carbonyl (C=O) groups is 1. The molecule has 0 spiro atoms. The molecule has 1 aromatic rings. The number of amides is 1. The number of fused-ring (bicyclic) bond motifs is 1. The molecular formula is C14H17NO2. The summed E-state index contributed by atoms with van der Waals surface area (Å²) in [4.78, 5) is 12.9. The van der Waals surface area contributed by atoms with Crippen molar-refractivity contribution in [2.24, 2.45) is 5.92 Å². The Morgan fingerprint density at radius 2 is 2.12 bits per heavy atom. The van der Waals surface area contributed by atoms with Crippen molar-refractivity contribution >= 4 is 6.09 Å². The molecule has 1 fully saturated rings. The van der Waals surface area contributed by atoms with E-state index in [1.807, 2.05) is 12.1 Å². The van der Waals surface area contributed by atoms with E-state index in [4.69, 9.17) is 0 Å². The summed E-state index contributed by atoms with van der Waals surface area (Å²) in [5, 5.41) is 9.29. The molecule has 1 unspecified atom stereocenters. The van der Waals surface area contributed by atoms with E-state index in [0.717, 1.165) is 18.8 Å². The Morgan fingerprint density at radius 3 is 2.82 bits per heavy atom. The Bertz CT molecular complexity index is 440. The molecule has 1 amide bonds. The monoisotopic (exact) mass is 231 g/mol. The SMILES string of the molecule is O=C(O)N1CCc2ccccc2C1CC1CC1. The third-order valence-electron chi connectivity index (χ3n) is 3.91. The molecule has 0 bridgehead atoms. The molecule has 1 atom stereocenters. The zero-order valence-electron chi connectivity index (χ0n) is 9.80. The highest BCUT2D eigenvalue weighted by molar-refractivity contribution is 5.66. The number of rotatable bonds is 2. The standard InChI is InChI=1S/C14H17NO2/c16-14(17)15-8-7-11-3-1-2-4-12(11)13(15)9-10-5-6-10/h1-4,10,13H,5-9H2,(H,16,17). The van der Waals surface area contributed by atoms with Crippen molar-refractivity contribution in [1.29, 1.82) is 0 Å². The molecule has 1 heterocycles. The maximum Gasteiger partial charge on any atom is 0.407 e. The Kier molecular flexibility index (Phi) is 2.54. The van der Waals surface area contributed by atoms with Gasteiger partial charge in [0.25, 0.3) is 0 Å². The highest BCUT2D eigenvalue weighted by Gasteiger charge is 2.35. The summed E-state index contributed by atoms with van der Waals surface area (Å²) in [6, 6.07) is 8.38. The van der Waals surface area contributed by atoms with E-state index in [2.05, 4.69) is 12.1 Å². The number of hydrogen-bond acceptors (Lipinski definition) is 1. The number of hydrogen-bond donors (Lipinski definition) is 1. The first-order chi connectivity index (χ1) is 8.25. The van der Waals surface area contributed by atoms with Gasteiger partial charge in [0.05, 0.1) is 6.04 Å². The van der Waals surface area contributed by atoms with Gasteiger partial charge < -0.3 is 10.0 Å². The second-order valence-corrected chi connectivity index (χ2v) is 5.12. The van der Waals surface area contributed by atoms with Gasteiger partial charge in [-0.2, -0.15) is 0 Å². The summed E-state index contributed by atoms with van der Waals surface area (Å²) < 4.78 is 0. The molecule has 2 aliphatic rings. The summed E-state index contributed by atoms with van der Waals surface area (Å²) >= 11 is 0. The van der Waals surface area contributed by atoms with Crippen LogP contribution < -0.4 is 0 Å². The average Bonchev–Trinajstić information content (AvgIpc) is 3.13. The van der Waals surface area contributed by atoms with Crippen molar-refractivity contribution in [3.8, 4) is 0 Å². The largest absolute Gasteiger partial charge is 0.465 e. The summed E-state index contributed by atoms with van der Waals surface area (Å²) in [7, 11) is 0. The lowest BCUT2D eigenvalue weighted by Crippen LogP contribution is -2.39. The van der Waals surface area contributed by atoms with Crippen molar-refractivity contribution in [1.82, 2.24) is 4.90 Å². The smallest absolute Gasteiger partial charge is 0.407 e. The molecule has 0 radical (unpaired) electrons. The Labute approximate surface area is 101 Å². The molecule has 1 aliphatic carbocycles. The van der Waals surface area contributed by atoms with Crippen molar-refractivity contribution in [3.63, 3.8) is 0 Å². The highest BCUT2D eigenvalue weighted by Crippen LogP contribution is 2.42. The van der Waals surface area contributed by atoms with Gasteiger partial charge in [-0.05, 0) is 29.9 Å². The molecule has 17 heavy (non-hydrogen) atoms. The van der Waals surface area contributed by atoms with Gasteiger partial charge in [0.15, 0.2) is 0 Å². The van der Waals surface area contributed by atoms with E-state index < -0.39 is 6.09 Å². The van der Waals surface area contributed by atoms with Crippen molar-refractivity contribution in [3.05, 3.63) is 35.4 Å². The molecule has 1 aromatic carbocycles. The first-order valence-electron chi connectivity index (χ1n) is 6.33. The van der Waals surface area contributed by atoms with Gasteiger partial charge >= 0.3 is 6.09 Å². The van der Waals surface area contributed by atoms with E-state index >= 15 is 0 Å². The Balaban J connectivity index is 1.93. The molecule has 3 heteroatoms. The van der Waals surface area contributed by atoms with E-state index in [-0.39, 0.29) is 6.04 Å². The lowest BCUT2D eigenvalue weighted by molar-refractivity contribution is 0.115. The van der Waals surface area contributed by atoms with Crippen molar-refractivity contribution in [2.75, 3.05) is 6.54 Å². The molecule has 1 aliphatic heterocycles. The third kappa shape index (κ3) is 2.02. The predicted octanol–water partition coefficient (Wildman–Crippen LogP) is 3.06. The first-order valence-corrected chi connectivity index (χ1v) is 6.33. The topological polar surface area (TPSA) is 40.5 Å². The minimum Gasteiger partial charge on any atom is -0.465 e. The Morgan fingerprint density at radius 1 is 1.35 bits per heavy atom.